The third kappa shape index (κ3) is 3.08. The van der Waals surface area contributed by atoms with Crippen molar-refractivity contribution in [2.24, 2.45) is 17.8 Å². The lowest BCUT2D eigenvalue weighted by Crippen LogP contribution is -2.49. The van der Waals surface area contributed by atoms with Gasteiger partial charge in [-0.25, -0.2) is 0 Å². The van der Waals surface area contributed by atoms with Crippen LogP contribution in [0.2, 0.25) is 0 Å². The molecular weight excluding hydrogens is 214 g/mol. The fourth-order valence-electron chi connectivity index (χ4n) is 3.21. The number of ketones is 1. The van der Waals surface area contributed by atoms with Gasteiger partial charge in [-0.15, -0.1) is 0 Å². The highest BCUT2D eigenvalue weighted by Gasteiger charge is 2.32. The molecule has 3 nitrogen and oxygen atoms in total. The molecule has 2 rings (SSSR count). The molecule has 4 atom stereocenters. The molecule has 0 spiro atoms. The van der Waals surface area contributed by atoms with Crippen LogP contribution in [0, 0.1) is 17.8 Å². The van der Waals surface area contributed by atoms with Crippen molar-refractivity contribution in [3.63, 3.8) is 0 Å². The summed E-state index contributed by atoms with van der Waals surface area (Å²) in [5.74, 6) is 2.00. The van der Waals surface area contributed by atoms with Crippen LogP contribution >= 0.6 is 0 Å². The van der Waals surface area contributed by atoms with Crippen LogP contribution in [0.25, 0.3) is 0 Å². The van der Waals surface area contributed by atoms with Gasteiger partial charge in [-0.1, -0.05) is 13.8 Å². The van der Waals surface area contributed by atoms with Gasteiger partial charge in [0.25, 0.3) is 0 Å². The lowest BCUT2D eigenvalue weighted by Gasteiger charge is -2.42. The number of carbonyl (C=O) groups excluding carboxylic acids is 1. The Balaban J connectivity index is 1.94. The van der Waals surface area contributed by atoms with Crippen molar-refractivity contribution in [3.05, 3.63) is 0 Å². The molecule has 0 aromatic rings. The van der Waals surface area contributed by atoms with Gasteiger partial charge in [-0.05, 0) is 25.2 Å². The van der Waals surface area contributed by atoms with Crippen molar-refractivity contribution in [2.45, 2.75) is 39.7 Å². The van der Waals surface area contributed by atoms with Crippen LogP contribution in [0.4, 0.5) is 0 Å². The molecule has 0 radical (unpaired) electrons. The normalized spacial score (nSPS) is 40.5. The number of carbonyl (C=O) groups is 1. The van der Waals surface area contributed by atoms with E-state index in [-0.39, 0.29) is 5.92 Å². The molecular formula is C14H25NO2. The largest absolute Gasteiger partial charge is 0.380 e. The van der Waals surface area contributed by atoms with E-state index in [1.54, 1.807) is 0 Å². The van der Waals surface area contributed by atoms with Crippen LogP contribution in [0.5, 0.6) is 0 Å². The number of hydrogen-bond acceptors (Lipinski definition) is 3. The molecule has 2 heterocycles. The van der Waals surface area contributed by atoms with E-state index in [4.69, 9.17) is 4.74 Å². The number of nitrogens with zero attached hydrogens (tertiary/aromatic N) is 1. The van der Waals surface area contributed by atoms with Crippen LogP contribution in [-0.4, -0.2) is 43.0 Å². The quantitative estimate of drug-likeness (QED) is 0.738. The summed E-state index contributed by atoms with van der Waals surface area (Å²) in [7, 11) is 0. The summed E-state index contributed by atoms with van der Waals surface area (Å²) in [5, 5.41) is 0. The number of rotatable bonds is 2. The second-order valence-corrected chi connectivity index (χ2v) is 6.00. The molecule has 4 unspecified atom stereocenters. The summed E-state index contributed by atoms with van der Waals surface area (Å²) in [6.45, 7) is 10.2. The van der Waals surface area contributed by atoms with Gasteiger partial charge in [0.15, 0.2) is 0 Å². The van der Waals surface area contributed by atoms with Gasteiger partial charge in [-0.2, -0.15) is 0 Å². The van der Waals surface area contributed by atoms with E-state index in [0.717, 1.165) is 24.9 Å². The first-order valence-electron chi connectivity index (χ1n) is 6.92. The SMILES string of the molecule is CC1CC(C)C(C)N(CC2COCCC2=O)C1. The Morgan fingerprint density at radius 1 is 1.35 bits per heavy atom. The standard InChI is InChI=1S/C14H25NO2/c1-10-6-11(2)12(3)15(7-10)8-13-9-17-5-4-14(13)16/h10-13H,4-9H2,1-3H3. The average molecular weight is 239 g/mol. The van der Waals surface area contributed by atoms with E-state index >= 15 is 0 Å². The van der Waals surface area contributed by atoms with Gasteiger partial charge in [0.2, 0.25) is 0 Å². The maximum atomic E-state index is 11.8. The molecule has 0 aromatic carbocycles. The lowest BCUT2D eigenvalue weighted by atomic mass is 9.85. The Morgan fingerprint density at radius 2 is 2.12 bits per heavy atom. The second kappa shape index (κ2) is 5.49. The lowest BCUT2D eigenvalue weighted by molar-refractivity contribution is -0.132. The van der Waals surface area contributed by atoms with Gasteiger partial charge < -0.3 is 4.74 Å². The molecule has 0 N–H and O–H groups in total. The third-order valence-corrected chi connectivity index (χ3v) is 4.44. The maximum Gasteiger partial charge on any atom is 0.141 e. The predicted molar refractivity (Wildman–Crippen MR) is 67.9 cm³/mol. The molecule has 2 fully saturated rings. The van der Waals surface area contributed by atoms with Crippen molar-refractivity contribution >= 4 is 5.78 Å². The van der Waals surface area contributed by atoms with Crippen LogP contribution in [0.15, 0.2) is 0 Å². The van der Waals surface area contributed by atoms with Crippen molar-refractivity contribution in [1.82, 2.24) is 4.90 Å². The summed E-state index contributed by atoms with van der Waals surface area (Å²) >= 11 is 0. The van der Waals surface area contributed by atoms with Crippen LogP contribution < -0.4 is 0 Å². The summed E-state index contributed by atoms with van der Waals surface area (Å²) in [6.07, 6.45) is 1.92. The first kappa shape index (κ1) is 13.0. The van der Waals surface area contributed by atoms with Crippen molar-refractivity contribution < 1.29 is 9.53 Å². The summed E-state index contributed by atoms with van der Waals surface area (Å²) < 4.78 is 5.44. The molecule has 0 saturated carbocycles. The Hall–Kier alpha value is -0.410. The third-order valence-electron chi connectivity index (χ3n) is 4.44. The van der Waals surface area contributed by atoms with E-state index in [1.807, 2.05) is 0 Å². The zero-order valence-corrected chi connectivity index (χ0v) is 11.3. The first-order chi connectivity index (χ1) is 8.08. The van der Waals surface area contributed by atoms with Gasteiger partial charge in [0.1, 0.15) is 5.78 Å². The van der Waals surface area contributed by atoms with Gasteiger partial charge in [0.05, 0.1) is 19.1 Å². The van der Waals surface area contributed by atoms with Gasteiger partial charge in [0, 0.05) is 25.6 Å². The van der Waals surface area contributed by atoms with E-state index < -0.39 is 0 Å². The van der Waals surface area contributed by atoms with Gasteiger partial charge >= 0.3 is 0 Å². The van der Waals surface area contributed by atoms with E-state index in [1.165, 1.54) is 6.42 Å². The topological polar surface area (TPSA) is 29.5 Å². The highest BCUT2D eigenvalue weighted by molar-refractivity contribution is 5.82. The molecule has 0 aromatic heterocycles. The number of piperidine rings is 1. The van der Waals surface area contributed by atoms with Gasteiger partial charge in [-0.3, -0.25) is 9.69 Å². The minimum Gasteiger partial charge on any atom is -0.380 e. The Bertz CT molecular complexity index is 279. The number of hydrogen-bond donors (Lipinski definition) is 0. The van der Waals surface area contributed by atoms with Crippen LogP contribution in [0.3, 0.4) is 0 Å². The van der Waals surface area contributed by atoms with E-state index in [9.17, 15) is 4.79 Å². The summed E-state index contributed by atoms with van der Waals surface area (Å²) in [5.41, 5.74) is 0. The van der Waals surface area contributed by atoms with Crippen LogP contribution in [0.1, 0.15) is 33.6 Å². The van der Waals surface area contributed by atoms with Crippen molar-refractivity contribution in [2.75, 3.05) is 26.3 Å². The molecule has 2 saturated heterocycles. The molecule has 2 aliphatic rings. The molecule has 17 heavy (non-hydrogen) atoms. The zero-order chi connectivity index (χ0) is 12.4. The molecule has 3 heteroatoms. The van der Waals surface area contributed by atoms with Crippen LogP contribution in [-0.2, 0) is 9.53 Å². The molecule has 98 valence electrons. The highest BCUT2D eigenvalue weighted by atomic mass is 16.5. The Labute approximate surface area is 105 Å². The zero-order valence-electron chi connectivity index (χ0n) is 11.3. The minimum absolute atomic E-state index is 0.115. The Kier molecular flexibility index (Phi) is 4.21. The van der Waals surface area contributed by atoms with E-state index in [2.05, 4.69) is 25.7 Å². The monoisotopic (exact) mass is 239 g/mol. The Morgan fingerprint density at radius 3 is 2.82 bits per heavy atom. The van der Waals surface area contributed by atoms with E-state index in [0.29, 0.717) is 31.5 Å². The maximum absolute atomic E-state index is 11.8. The summed E-state index contributed by atoms with van der Waals surface area (Å²) in [4.78, 5) is 14.3. The first-order valence-corrected chi connectivity index (χ1v) is 6.92. The summed E-state index contributed by atoms with van der Waals surface area (Å²) in [6, 6.07) is 0.598. The molecule has 0 bridgehead atoms. The number of ether oxygens (including phenoxy) is 1. The second-order valence-electron chi connectivity index (χ2n) is 6.00. The minimum atomic E-state index is 0.115. The van der Waals surface area contributed by atoms with Crippen molar-refractivity contribution in [3.8, 4) is 0 Å². The van der Waals surface area contributed by atoms with Crippen molar-refractivity contribution in [1.29, 1.82) is 0 Å². The number of Topliss-reactive ketones (excluding diaryl/α,β-unsaturated/α-hetero) is 1. The molecule has 0 aliphatic carbocycles. The molecule has 2 aliphatic heterocycles. The molecule has 0 amide bonds. The smallest absolute Gasteiger partial charge is 0.141 e. The number of likely N-dealkylation sites (tertiary alicyclic amines) is 1. The highest BCUT2D eigenvalue weighted by Crippen LogP contribution is 2.28. The fourth-order valence-corrected chi connectivity index (χ4v) is 3.21. The average Bonchev–Trinajstić information content (AvgIpc) is 2.28. The predicted octanol–water partition coefficient (Wildman–Crippen LogP) is 1.96. The fraction of sp³-hybridized carbons (Fsp3) is 0.929.